The van der Waals surface area contributed by atoms with E-state index in [1.165, 1.54) is 48.6 Å². The highest BCUT2D eigenvalue weighted by atomic mass is 16.6. The van der Waals surface area contributed by atoms with E-state index >= 15 is 0 Å². The van der Waals surface area contributed by atoms with Gasteiger partial charge in [0.2, 0.25) is 0 Å². The molecule has 0 unspecified atom stereocenters. The van der Waals surface area contributed by atoms with E-state index in [9.17, 15) is 43.8 Å². The molecule has 3 saturated carbocycles. The predicted molar refractivity (Wildman–Crippen MR) is 404 cm³/mol. The molecule has 16 heteroatoms. The minimum absolute atomic E-state index is 0.00148. The Morgan fingerprint density at radius 1 is 0.375 bits per heavy atom. The lowest BCUT2D eigenvalue weighted by atomic mass is 9.89. The summed E-state index contributed by atoms with van der Waals surface area (Å²) in [5.41, 5.74) is 8.24. The van der Waals surface area contributed by atoms with E-state index in [-0.39, 0.29) is 72.0 Å². The molecule has 0 saturated heterocycles. The van der Waals surface area contributed by atoms with E-state index in [1.54, 1.807) is 36.5 Å². The van der Waals surface area contributed by atoms with Crippen molar-refractivity contribution in [2.75, 3.05) is 0 Å². The lowest BCUT2D eigenvalue weighted by molar-refractivity contribution is -0.146. The van der Waals surface area contributed by atoms with Crippen LogP contribution in [0.2, 0.25) is 0 Å². The molecular weight excluding hydrogens is 1310 g/mol. The van der Waals surface area contributed by atoms with Crippen LogP contribution < -0.4 is 0 Å². The van der Waals surface area contributed by atoms with Crippen LogP contribution in [0, 0.1) is 63.2 Å². The van der Waals surface area contributed by atoms with E-state index in [0.717, 1.165) is 102 Å². The van der Waals surface area contributed by atoms with Gasteiger partial charge in [-0.05, 0) is 233 Å². The monoisotopic (exact) mass is 1420 g/mol. The molecule has 0 aromatic heterocycles. The summed E-state index contributed by atoms with van der Waals surface area (Å²) in [6.07, 6.45) is 41.6. The largest absolute Gasteiger partial charge is 0.460 e. The quantitative estimate of drug-likeness (QED) is 0.0582. The Hall–Kier alpha value is -9.51. The maximum atomic E-state index is 12.9. The number of carbonyl (C=O) groups is 7. The fourth-order valence-electron chi connectivity index (χ4n) is 13.8. The number of esters is 7. The highest BCUT2D eigenvalue weighted by Crippen LogP contribution is 2.41. The topological polar surface area (TPSA) is 225 Å². The molecule has 0 spiro atoms. The van der Waals surface area contributed by atoms with E-state index in [0.29, 0.717) is 38.5 Å². The van der Waals surface area contributed by atoms with E-state index < -0.39 is 60.2 Å². The average molecular weight is 1420 g/mol. The summed E-state index contributed by atoms with van der Waals surface area (Å²) in [6, 6.07) is 31.4. The number of hydrogen-bond donors (Lipinski definition) is 2. The molecule has 0 radical (unpaired) electrons. The first kappa shape index (κ1) is 80.2. The molecule has 552 valence electrons. The molecule has 4 aromatic rings. The number of allylic oxidation sites excluding steroid dienone is 6. The van der Waals surface area contributed by atoms with Crippen molar-refractivity contribution in [1.82, 2.24) is 0 Å². The highest BCUT2D eigenvalue weighted by Gasteiger charge is 2.42. The number of aliphatic hydroxyl groups is 2. The van der Waals surface area contributed by atoms with Crippen LogP contribution in [0.15, 0.2) is 194 Å². The first-order valence-corrected chi connectivity index (χ1v) is 36.9. The van der Waals surface area contributed by atoms with Crippen LogP contribution in [0.4, 0.5) is 0 Å². The van der Waals surface area contributed by atoms with Crippen LogP contribution in [0.1, 0.15) is 162 Å². The van der Waals surface area contributed by atoms with Gasteiger partial charge in [0.05, 0.1) is 30.5 Å². The molecule has 10 rings (SSSR count). The van der Waals surface area contributed by atoms with Crippen molar-refractivity contribution in [3.63, 3.8) is 0 Å². The minimum Gasteiger partial charge on any atom is -0.460 e. The summed E-state index contributed by atoms with van der Waals surface area (Å²) in [4.78, 5) is 87.1. The number of hydrogen-bond acceptors (Lipinski definition) is 16. The zero-order chi connectivity index (χ0) is 74.3. The second-order valence-electron chi connectivity index (χ2n) is 28.3. The third-order valence-corrected chi connectivity index (χ3v) is 19.5. The summed E-state index contributed by atoms with van der Waals surface area (Å²) in [6.45, 7) is 13.7. The second kappa shape index (κ2) is 41.7. The van der Waals surface area contributed by atoms with Gasteiger partial charge >= 0.3 is 41.8 Å². The van der Waals surface area contributed by atoms with E-state index in [2.05, 4.69) is 36.5 Å². The average Bonchev–Trinajstić information content (AvgIpc) is 1.71. The van der Waals surface area contributed by atoms with E-state index in [1.807, 2.05) is 146 Å². The first-order chi connectivity index (χ1) is 50.0. The maximum Gasteiger partial charge on any atom is 0.331 e. The normalized spacial score (nSPS) is 29.5. The summed E-state index contributed by atoms with van der Waals surface area (Å²) in [5.74, 6) is -3.34. The fraction of sp³-hybridized carbons (Fsp3) is 0.420. The first-order valence-electron chi connectivity index (χ1n) is 36.9. The molecule has 3 fully saturated rings. The van der Waals surface area contributed by atoms with Crippen LogP contribution in [0.3, 0.4) is 0 Å². The summed E-state index contributed by atoms with van der Waals surface area (Å²) >= 11 is 0. The van der Waals surface area contributed by atoms with Gasteiger partial charge in [0.1, 0.15) is 24.4 Å². The third-order valence-electron chi connectivity index (χ3n) is 19.5. The van der Waals surface area contributed by atoms with Gasteiger partial charge in [0, 0.05) is 54.4 Å². The number of aryl methyl sites for hydroxylation is 4. The Kier molecular flexibility index (Phi) is 32.1. The van der Waals surface area contributed by atoms with Crippen molar-refractivity contribution < 1.29 is 76.9 Å². The predicted octanol–water partition coefficient (Wildman–Crippen LogP) is 16.2. The Morgan fingerprint density at radius 3 is 1.03 bits per heavy atom. The third kappa shape index (κ3) is 28.3. The van der Waals surface area contributed by atoms with Crippen molar-refractivity contribution >= 4 is 66.1 Å². The molecule has 0 bridgehead atoms. The van der Waals surface area contributed by atoms with Gasteiger partial charge in [-0.25, -0.2) is 33.6 Å². The van der Waals surface area contributed by atoms with Gasteiger partial charge in [-0.1, -0.05) is 156 Å². The van der Waals surface area contributed by atoms with Crippen LogP contribution in [0.25, 0.3) is 24.3 Å². The molecule has 0 amide bonds. The maximum absolute atomic E-state index is 12.9. The number of aliphatic hydroxyl groups excluding tert-OH is 2. The van der Waals surface area contributed by atoms with Crippen molar-refractivity contribution in [3.8, 4) is 0 Å². The zero-order valence-corrected chi connectivity index (χ0v) is 61.2. The Bertz CT molecular complexity index is 3760. The SMILES string of the molecule is Cc1ccc(/C=C/C(=O)O[C@@H]2/C=C/C(=O)O[C@@H](C)CCC/C=C/[C@@H]3C[C@H](O)C[C@H]32)cc1.Cc1ccc(/C=C/C(=O)O[C@@H]2C[C@@H]3[C@H](/C=C/CCC[C@H](C)OC(=O)/C=C/[C@H]3OC(=O)/C=C/c3ccc(C)cc3)C2)cc1.Cc1ccc(/C=C/C(=O)O[C@@H]2C[C@H]3[C@H](O)/C=C/C(=O)O[C@@H](C)CCC/C=C/[C@@H]3C2)cc1. The number of ether oxygens (including phenoxy) is 7. The number of fused-ring (bicyclic) bond motifs is 3. The van der Waals surface area contributed by atoms with Gasteiger partial charge in [-0.3, -0.25) is 0 Å². The van der Waals surface area contributed by atoms with Gasteiger partial charge in [-0.2, -0.15) is 0 Å². The van der Waals surface area contributed by atoms with Crippen molar-refractivity contribution in [2.45, 2.75) is 200 Å². The molecular formula is C88H104O16. The van der Waals surface area contributed by atoms with Crippen molar-refractivity contribution in [3.05, 3.63) is 239 Å². The minimum atomic E-state index is -0.801. The van der Waals surface area contributed by atoms with Gasteiger partial charge in [0.15, 0.2) is 0 Å². The molecule has 6 aliphatic rings. The molecule has 16 nitrogen and oxygen atoms in total. The lowest BCUT2D eigenvalue weighted by Gasteiger charge is -2.24. The summed E-state index contributed by atoms with van der Waals surface area (Å²) in [7, 11) is 0. The molecule has 3 aliphatic heterocycles. The lowest BCUT2D eigenvalue weighted by Crippen LogP contribution is -2.27. The highest BCUT2D eigenvalue weighted by molar-refractivity contribution is 5.89. The summed E-state index contributed by atoms with van der Waals surface area (Å²) < 4.78 is 39.4. The van der Waals surface area contributed by atoms with E-state index in [4.69, 9.17) is 33.2 Å². The molecule has 2 N–H and O–H groups in total. The van der Waals surface area contributed by atoms with Crippen LogP contribution in [0.5, 0.6) is 0 Å². The molecule has 104 heavy (non-hydrogen) atoms. The number of carbonyl (C=O) groups excluding carboxylic acids is 7. The van der Waals surface area contributed by atoms with Crippen LogP contribution >= 0.6 is 0 Å². The Balaban J connectivity index is 0.000000201. The molecule has 3 heterocycles. The molecule has 15 atom stereocenters. The molecule has 3 aliphatic carbocycles. The van der Waals surface area contributed by atoms with Crippen LogP contribution in [-0.2, 0) is 66.7 Å². The molecule has 4 aromatic carbocycles. The Labute approximate surface area is 614 Å². The smallest absolute Gasteiger partial charge is 0.331 e. The number of rotatable bonds is 12. The second-order valence-corrected chi connectivity index (χ2v) is 28.3. The zero-order valence-electron chi connectivity index (χ0n) is 61.2. The van der Waals surface area contributed by atoms with Crippen molar-refractivity contribution in [2.24, 2.45) is 35.5 Å². The van der Waals surface area contributed by atoms with Crippen LogP contribution in [-0.4, -0.2) is 107 Å². The number of benzene rings is 4. The standard InChI is InChI=1S/C36H40O6.2C26H32O5/c1-25-9-13-28(14-10-25)17-20-35(38)41-31-23-30-8-6-4-5-7-27(3)40-34(37)22-19-33(32(30)24-31)42-36(39)21-18-29-15-11-26(2)12-16-29;1-18-8-10-20(11-9-18)12-14-26(29)31-22-16-21-7-5-3-4-6-19(2)30-25(28)15-13-24(27)23(21)17-22;1-18-8-10-20(11-9-18)12-14-26(29)31-24-13-15-25(28)30-19(2)6-4-3-5-7-21-16-22(27)17-23(21)24/h6,8-22,27,30-33H,4-5,7,23-24H2,1-3H3;2*5,7-15,19,21-24,27H,3-4,6,16-17H2,1-2H3/b8-6+,20-17+,21-18+,22-19+;2*7-5+,14-12+,15-13+/t27-,30+,31-,32+,33+;2*19-,21+,22-,23+,24+/m000/s1. The van der Waals surface area contributed by atoms with Gasteiger partial charge < -0.3 is 43.4 Å². The fourth-order valence-corrected chi connectivity index (χ4v) is 13.8. The Morgan fingerprint density at radius 2 is 0.673 bits per heavy atom. The van der Waals surface area contributed by atoms with Crippen molar-refractivity contribution in [1.29, 1.82) is 0 Å². The van der Waals surface area contributed by atoms with Gasteiger partial charge in [-0.15, -0.1) is 0 Å². The van der Waals surface area contributed by atoms with Gasteiger partial charge in [0.25, 0.3) is 0 Å². The number of cyclic esters (lactones) is 3. The summed E-state index contributed by atoms with van der Waals surface area (Å²) in [5, 5.41) is 20.9.